The summed E-state index contributed by atoms with van der Waals surface area (Å²) < 4.78 is 0. The Balaban J connectivity index is 2.18. The maximum absolute atomic E-state index is 11.6. The number of imide groups is 1. The molecule has 1 N–H and O–H groups in total. The maximum atomic E-state index is 11.6. The highest BCUT2D eigenvalue weighted by molar-refractivity contribution is 6.05. The SMILES string of the molecule is CN1C(=O)CC(NCCCCC(C)(C)C#N)C1=O. The van der Waals surface area contributed by atoms with Gasteiger partial charge in [0.25, 0.3) is 0 Å². The minimum absolute atomic E-state index is 0.122. The summed E-state index contributed by atoms with van der Waals surface area (Å²) in [4.78, 5) is 24.0. The van der Waals surface area contributed by atoms with Crippen LogP contribution >= 0.6 is 0 Å². The first-order valence-electron chi connectivity index (χ1n) is 6.32. The third kappa shape index (κ3) is 3.81. The fourth-order valence-electron chi connectivity index (χ4n) is 1.94. The van der Waals surface area contributed by atoms with E-state index in [-0.39, 0.29) is 29.7 Å². The highest BCUT2D eigenvalue weighted by Crippen LogP contribution is 2.21. The summed E-state index contributed by atoms with van der Waals surface area (Å²) in [5.41, 5.74) is -0.278. The molecule has 100 valence electrons. The fourth-order valence-corrected chi connectivity index (χ4v) is 1.94. The summed E-state index contributed by atoms with van der Waals surface area (Å²) in [5.74, 6) is -0.263. The van der Waals surface area contributed by atoms with E-state index >= 15 is 0 Å². The van der Waals surface area contributed by atoms with E-state index in [2.05, 4.69) is 11.4 Å². The van der Waals surface area contributed by atoms with Crippen molar-refractivity contribution in [3.8, 4) is 6.07 Å². The summed E-state index contributed by atoms with van der Waals surface area (Å²) in [7, 11) is 1.52. The molecule has 1 fully saturated rings. The number of likely N-dealkylation sites (tertiary alicyclic amines) is 1. The van der Waals surface area contributed by atoms with E-state index < -0.39 is 0 Å². The largest absolute Gasteiger partial charge is 0.305 e. The molecule has 1 aliphatic heterocycles. The van der Waals surface area contributed by atoms with Gasteiger partial charge in [-0.25, -0.2) is 0 Å². The first-order chi connectivity index (χ1) is 8.37. The van der Waals surface area contributed by atoms with Crippen LogP contribution in [-0.2, 0) is 9.59 Å². The Labute approximate surface area is 108 Å². The van der Waals surface area contributed by atoms with Gasteiger partial charge >= 0.3 is 0 Å². The quantitative estimate of drug-likeness (QED) is 0.566. The number of hydrogen-bond donors (Lipinski definition) is 1. The van der Waals surface area contributed by atoms with Gasteiger partial charge in [0.2, 0.25) is 11.8 Å². The van der Waals surface area contributed by atoms with Gasteiger partial charge in [-0.1, -0.05) is 6.42 Å². The van der Waals surface area contributed by atoms with Crippen molar-refractivity contribution < 1.29 is 9.59 Å². The molecule has 1 rings (SSSR count). The topological polar surface area (TPSA) is 73.2 Å². The molecule has 2 amide bonds. The summed E-state index contributed by atoms with van der Waals surface area (Å²) in [6.07, 6.45) is 2.96. The van der Waals surface area contributed by atoms with Gasteiger partial charge in [-0.15, -0.1) is 0 Å². The third-order valence-electron chi connectivity index (χ3n) is 3.30. The number of carbonyl (C=O) groups is 2. The molecular formula is C13H21N3O2. The van der Waals surface area contributed by atoms with Gasteiger partial charge in [0.05, 0.1) is 23.9 Å². The molecule has 1 saturated heterocycles. The molecule has 1 aliphatic rings. The third-order valence-corrected chi connectivity index (χ3v) is 3.30. The van der Waals surface area contributed by atoms with Gasteiger partial charge < -0.3 is 5.32 Å². The lowest BCUT2D eigenvalue weighted by molar-refractivity contribution is -0.137. The fraction of sp³-hybridized carbons (Fsp3) is 0.769. The van der Waals surface area contributed by atoms with E-state index in [1.165, 1.54) is 11.9 Å². The number of nitrogens with one attached hydrogen (secondary N) is 1. The Morgan fingerprint density at radius 3 is 2.61 bits per heavy atom. The molecule has 18 heavy (non-hydrogen) atoms. The Bertz CT molecular complexity index is 371. The van der Waals surface area contributed by atoms with Gasteiger partial charge in [0.1, 0.15) is 0 Å². The Morgan fingerprint density at radius 1 is 1.44 bits per heavy atom. The predicted molar refractivity (Wildman–Crippen MR) is 67.4 cm³/mol. The molecule has 1 atom stereocenters. The molecule has 0 saturated carbocycles. The van der Waals surface area contributed by atoms with Gasteiger partial charge in [0, 0.05) is 7.05 Å². The number of nitriles is 1. The lowest BCUT2D eigenvalue weighted by Crippen LogP contribution is -2.37. The van der Waals surface area contributed by atoms with Crippen molar-refractivity contribution in [1.29, 1.82) is 5.26 Å². The normalized spacial score (nSPS) is 20.3. The number of carbonyl (C=O) groups excluding carboxylic acids is 2. The van der Waals surface area contributed by atoms with Crippen LogP contribution in [0.15, 0.2) is 0 Å². The zero-order valence-corrected chi connectivity index (χ0v) is 11.3. The van der Waals surface area contributed by atoms with Gasteiger partial charge in [-0.2, -0.15) is 5.26 Å². The number of likely N-dealkylation sites (N-methyl/N-ethyl adjacent to an activating group) is 1. The van der Waals surface area contributed by atoms with Crippen molar-refractivity contribution >= 4 is 11.8 Å². The van der Waals surface area contributed by atoms with E-state index in [1.54, 1.807) is 0 Å². The van der Waals surface area contributed by atoms with Crippen molar-refractivity contribution in [2.24, 2.45) is 5.41 Å². The standard InChI is InChI=1S/C13H21N3O2/c1-13(2,9-14)6-4-5-7-15-10-8-11(17)16(3)12(10)18/h10,15H,4-8H2,1-3H3. The highest BCUT2D eigenvalue weighted by atomic mass is 16.2. The Morgan fingerprint density at radius 2 is 2.11 bits per heavy atom. The van der Waals surface area contributed by atoms with Crippen LogP contribution in [0.25, 0.3) is 0 Å². The monoisotopic (exact) mass is 251 g/mol. The lowest BCUT2D eigenvalue weighted by Gasteiger charge is -2.15. The Kier molecular flexibility index (Phi) is 4.85. The van der Waals surface area contributed by atoms with Crippen molar-refractivity contribution in [2.45, 2.75) is 45.6 Å². The molecule has 0 radical (unpaired) electrons. The molecule has 0 aromatic carbocycles. The average Bonchev–Trinajstić information content (AvgIpc) is 2.56. The van der Waals surface area contributed by atoms with E-state index in [0.717, 1.165) is 19.3 Å². The summed E-state index contributed by atoms with van der Waals surface area (Å²) >= 11 is 0. The van der Waals surface area contributed by atoms with Crippen LogP contribution in [0, 0.1) is 16.7 Å². The predicted octanol–water partition coefficient (Wildman–Crippen LogP) is 1.05. The summed E-state index contributed by atoms with van der Waals surface area (Å²) in [6.45, 7) is 4.56. The molecule has 5 nitrogen and oxygen atoms in total. The molecular weight excluding hydrogens is 230 g/mol. The van der Waals surface area contributed by atoms with Crippen LogP contribution in [0.3, 0.4) is 0 Å². The second-order valence-electron chi connectivity index (χ2n) is 5.45. The average molecular weight is 251 g/mol. The van der Waals surface area contributed by atoms with Gasteiger partial charge in [0.15, 0.2) is 0 Å². The number of unbranched alkanes of at least 4 members (excludes halogenated alkanes) is 1. The van der Waals surface area contributed by atoms with Crippen LogP contribution in [-0.4, -0.2) is 36.3 Å². The van der Waals surface area contributed by atoms with Crippen LogP contribution in [0.4, 0.5) is 0 Å². The van der Waals surface area contributed by atoms with E-state index in [4.69, 9.17) is 5.26 Å². The van der Waals surface area contributed by atoms with E-state index in [0.29, 0.717) is 6.54 Å². The number of hydrogen-bond acceptors (Lipinski definition) is 4. The maximum Gasteiger partial charge on any atom is 0.246 e. The number of amides is 2. The first kappa shape index (κ1) is 14.7. The molecule has 0 aliphatic carbocycles. The lowest BCUT2D eigenvalue weighted by atomic mass is 9.89. The molecule has 5 heteroatoms. The van der Waals surface area contributed by atoms with Crippen LogP contribution in [0.2, 0.25) is 0 Å². The van der Waals surface area contributed by atoms with Gasteiger partial charge in [-0.3, -0.25) is 14.5 Å². The van der Waals surface area contributed by atoms with Crippen LogP contribution < -0.4 is 5.32 Å². The number of nitrogens with zero attached hydrogens (tertiary/aromatic N) is 2. The minimum atomic E-state index is -0.355. The van der Waals surface area contributed by atoms with E-state index in [1.807, 2.05) is 13.8 Å². The van der Waals surface area contributed by atoms with Crippen molar-refractivity contribution in [3.05, 3.63) is 0 Å². The van der Waals surface area contributed by atoms with Crippen molar-refractivity contribution in [3.63, 3.8) is 0 Å². The zero-order chi connectivity index (χ0) is 13.8. The Hall–Kier alpha value is -1.41. The minimum Gasteiger partial charge on any atom is -0.305 e. The molecule has 0 aromatic rings. The molecule has 0 aromatic heterocycles. The zero-order valence-electron chi connectivity index (χ0n) is 11.3. The molecule has 1 heterocycles. The summed E-state index contributed by atoms with van der Waals surface area (Å²) in [6, 6.07) is 1.91. The molecule has 1 unspecified atom stereocenters. The molecule has 0 spiro atoms. The van der Waals surface area contributed by atoms with Crippen LogP contribution in [0.5, 0.6) is 0 Å². The van der Waals surface area contributed by atoms with Crippen LogP contribution in [0.1, 0.15) is 39.5 Å². The number of rotatable bonds is 6. The second kappa shape index (κ2) is 5.96. The highest BCUT2D eigenvalue weighted by Gasteiger charge is 2.35. The van der Waals surface area contributed by atoms with Crippen molar-refractivity contribution in [1.82, 2.24) is 10.2 Å². The van der Waals surface area contributed by atoms with E-state index in [9.17, 15) is 9.59 Å². The first-order valence-corrected chi connectivity index (χ1v) is 6.32. The molecule has 0 bridgehead atoms. The smallest absolute Gasteiger partial charge is 0.246 e. The summed E-state index contributed by atoms with van der Waals surface area (Å²) in [5, 5.41) is 12.0. The van der Waals surface area contributed by atoms with Crippen molar-refractivity contribution in [2.75, 3.05) is 13.6 Å². The second-order valence-corrected chi connectivity index (χ2v) is 5.45. The van der Waals surface area contributed by atoms with Gasteiger partial charge in [-0.05, 0) is 33.2 Å².